The van der Waals surface area contributed by atoms with E-state index in [0.717, 1.165) is 23.2 Å². The third kappa shape index (κ3) is 8.33. The molecule has 36 heavy (non-hydrogen) atoms. The van der Waals surface area contributed by atoms with Crippen molar-refractivity contribution < 1.29 is 27.3 Å². The Morgan fingerprint density at radius 3 is 2.28 bits per heavy atom. The van der Waals surface area contributed by atoms with Crippen LogP contribution >= 0.6 is 11.3 Å². The summed E-state index contributed by atoms with van der Waals surface area (Å²) in [5.74, 6) is -0.396. The fraction of sp³-hybridized carbons (Fsp3) is 0.292. The molecule has 1 heterocycles. The van der Waals surface area contributed by atoms with Gasteiger partial charge in [-0.2, -0.15) is 8.42 Å². The summed E-state index contributed by atoms with van der Waals surface area (Å²) in [6, 6.07) is 14.3. The fourth-order valence-electron chi connectivity index (χ4n) is 3.47. The first-order valence-electron chi connectivity index (χ1n) is 11.1. The zero-order chi connectivity index (χ0) is 26.1. The molecule has 1 aromatic heterocycles. The Morgan fingerprint density at radius 2 is 1.69 bits per heavy atom. The summed E-state index contributed by atoms with van der Waals surface area (Å²) in [4.78, 5) is 29.9. The zero-order valence-electron chi connectivity index (χ0n) is 19.8. The van der Waals surface area contributed by atoms with Gasteiger partial charge in [0.05, 0.1) is 24.5 Å². The van der Waals surface area contributed by atoms with Crippen LogP contribution in [0.15, 0.2) is 60.0 Å². The summed E-state index contributed by atoms with van der Waals surface area (Å²) in [7, 11) is -3.15. The lowest BCUT2D eigenvalue weighted by Gasteiger charge is -2.22. The second-order valence-electron chi connectivity index (χ2n) is 7.95. The Balaban J connectivity index is 1.82. The SMILES string of the molecule is CCc1csc(C(Cc2ccc(NS(=O)(=O)O)cc2)NC(=O)C(Cc2ccccc2)NC(=O)OC)n1. The quantitative estimate of drug-likeness (QED) is 0.277. The van der Waals surface area contributed by atoms with Gasteiger partial charge in [-0.1, -0.05) is 49.4 Å². The fourth-order valence-corrected chi connectivity index (χ4v) is 4.86. The van der Waals surface area contributed by atoms with Gasteiger partial charge in [-0.05, 0) is 36.1 Å². The average Bonchev–Trinajstić information content (AvgIpc) is 3.33. The first-order chi connectivity index (χ1) is 17.2. The van der Waals surface area contributed by atoms with E-state index in [9.17, 15) is 18.0 Å². The van der Waals surface area contributed by atoms with E-state index < -0.39 is 34.4 Å². The van der Waals surface area contributed by atoms with Crippen molar-refractivity contribution in [2.45, 2.75) is 38.3 Å². The predicted octanol–water partition coefficient (Wildman–Crippen LogP) is 3.29. The normalized spacial score (nSPS) is 12.9. The van der Waals surface area contributed by atoms with Crippen LogP contribution in [-0.4, -0.2) is 43.1 Å². The maximum atomic E-state index is 13.4. The maximum Gasteiger partial charge on any atom is 0.407 e. The number of rotatable bonds is 11. The van der Waals surface area contributed by atoms with Gasteiger partial charge in [0.2, 0.25) is 5.91 Å². The van der Waals surface area contributed by atoms with Crippen LogP contribution in [0.3, 0.4) is 0 Å². The number of hydrogen-bond acceptors (Lipinski definition) is 7. The van der Waals surface area contributed by atoms with Crippen molar-refractivity contribution in [3.63, 3.8) is 0 Å². The third-order valence-corrected chi connectivity index (χ3v) is 6.76. The number of aryl methyl sites for hydroxylation is 1. The van der Waals surface area contributed by atoms with Gasteiger partial charge in [0, 0.05) is 11.8 Å². The number of amides is 2. The standard InChI is InChI=1S/C24H28N4O6S2/c1-3-18-15-35-23(25-18)21(14-17-9-11-19(12-10-17)28-36(31,32)33)26-22(29)20(27-24(30)34-2)13-16-7-5-4-6-8-16/h4-12,15,20-21,28H,3,13-14H2,1-2H3,(H,26,29)(H,27,30)(H,31,32,33). The number of aromatic nitrogens is 1. The molecule has 3 rings (SSSR count). The number of thiazole rings is 1. The predicted molar refractivity (Wildman–Crippen MR) is 137 cm³/mol. The molecule has 0 saturated heterocycles. The zero-order valence-corrected chi connectivity index (χ0v) is 21.4. The summed E-state index contributed by atoms with van der Waals surface area (Å²) in [6.45, 7) is 1.99. The summed E-state index contributed by atoms with van der Waals surface area (Å²) in [5, 5.41) is 8.25. The molecule has 192 valence electrons. The Morgan fingerprint density at radius 1 is 1.03 bits per heavy atom. The smallest absolute Gasteiger partial charge is 0.407 e. The molecule has 0 radical (unpaired) electrons. The van der Waals surface area contributed by atoms with Gasteiger partial charge in [-0.25, -0.2) is 9.78 Å². The molecule has 0 aliphatic carbocycles. The highest BCUT2D eigenvalue weighted by molar-refractivity contribution is 7.87. The largest absolute Gasteiger partial charge is 0.453 e. The lowest BCUT2D eigenvalue weighted by Crippen LogP contribution is -2.49. The maximum absolute atomic E-state index is 13.4. The molecule has 10 nitrogen and oxygen atoms in total. The molecule has 0 aliphatic rings. The summed E-state index contributed by atoms with van der Waals surface area (Å²) < 4.78 is 37.8. The van der Waals surface area contributed by atoms with Gasteiger partial charge in [-0.15, -0.1) is 11.3 Å². The Kier molecular flexibility index (Phi) is 9.39. The first-order valence-corrected chi connectivity index (χ1v) is 13.5. The van der Waals surface area contributed by atoms with Gasteiger partial charge >= 0.3 is 16.4 Å². The van der Waals surface area contributed by atoms with E-state index in [1.165, 1.54) is 30.6 Å². The van der Waals surface area contributed by atoms with Crippen LogP contribution in [-0.2, 0) is 39.1 Å². The van der Waals surface area contributed by atoms with Gasteiger partial charge in [0.1, 0.15) is 11.0 Å². The number of nitrogens with zero attached hydrogens (tertiary/aromatic N) is 1. The molecular weight excluding hydrogens is 504 g/mol. The minimum absolute atomic E-state index is 0.203. The van der Waals surface area contributed by atoms with Gasteiger partial charge < -0.3 is 15.4 Å². The van der Waals surface area contributed by atoms with E-state index in [1.54, 1.807) is 12.1 Å². The number of carbonyl (C=O) groups is 2. The Labute approximate surface area is 214 Å². The van der Waals surface area contributed by atoms with Crippen LogP contribution < -0.4 is 15.4 Å². The Bertz CT molecular complexity index is 1260. The molecule has 0 aliphatic heterocycles. The highest BCUT2D eigenvalue weighted by Gasteiger charge is 2.26. The lowest BCUT2D eigenvalue weighted by atomic mass is 10.0. The molecule has 2 aromatic carbocycles. The molecule has 0 spiro atoms. The average molecular weight is 533 g/mol. The van der Waals surface area contributed by atoms with Crippen molar-refractivity contribution in [1.82, 2.24) is 15.6 Å². The number of alkyl carbamates (subject to hydrolysis) is 1. The number of hydrogen-bond donors (Lipinski definition) is 4. The lowest BCUT2D eigenvalue weighted by molar-refractivity contribution is -0.123. The summed E-state index contributed by atoms with van der Waals surface area (Å²) in [5.41, 5.74) is 2.77. The van der Waals surface area contributed by atoms with Crippen LogP contribution in [0.5, 0.6) is 0 Å². The summed E-state index contributed by atoms with van der Waals surface area (Å²) in [6.07, 6.45) is 0.660. The Hall–Kier alpha value is -3.48. The highest BCUT2D eigenvalue weighted by atomic mass is 32.2. The first kappa shape index (κ1) is 27.1. The topological polar surface area (TPSA) is 147 Å². The van der Waals surface area contributed by atoms with Crippen molar-refractivity contribution in [2.75, 3.05) is 11.8 Å². The number of carbonyl (C=O) groups excluding carboxylic acids is 2. The molecule has 0 saturated carbocycles. The minimum atomic E-state index is -4.38. The van der Waals surface area contributed by atoms with E-state index in [2.05, 4.69) is 15.6 Å². The third-order valence-electron chi connectivity index (χ3n) is 5.26. The van der Waals surface area contributed by atoms with Gasteiger partial charge in [0.15, 0.2) is 0 Å². The van der Waals surface area contributed by atoms with E-state index in [1.807, 2.05) is 47.4 Å². The van der Waals surface area contributed by atoms with Crippen LogP contribution in [0.1, 0.15) is 34.8 Å². The van der Waals surface area contributed by atoms with Crippen molar-refractivity contribution in [1.29, 1.82) is 0 Å². The molecule has 12 heteroatoms. The van der Waals surface area contributed by atoms with Crippen LogP contribution in [0.4, 0.5) is 10.5 Å². The van der Waals surface area contributed by atoms with Crippen LogP contribution in [0, 0.1) is 0 Å². The van der Waals surface area contributed by atoms with Crippen molar-refractivity contribution in [2.24, 2.45) is 0 Å². The number of anilines is 1. The molecule has 2 unspecified atom stereocenters. The van der Waals surface area contributed by atoms with Gasteiger partial charge in [0.25, 0.3) is 0 Å². The monoisotopic (exact) mass is 532 g/mol. The molecule has 2 amide bonds. The molecule has 3 aromatic rings. The van der Waals surface area contributed by atoms with E-state index in [4.69, 9.17) is 9.29 Å². The minimum Gasteiger partial charge on any atom is -0.453 e. The number of nitrogens with one attached hydrogen (secondary N) is 3. The number of benzene rings is 2. The van der Waals surface area contributed by atoms with E-state index in [-0.39, 0.29) is 12.1 Å². The van der Waals surface area contributed by atoms with Gasteiger partial charge in [-0.3, -0.25) is 14.1 Å². The number of ether oxygens (including phenoxy) is 1. The second-order valence-corrected chi connectivity index (χ2v) is 9.99. The molecular formula is C24H28N4O6S2. The van der Waals surface area contributed by atoms with Crippen molar-refractivity contribution >= 4 is 39.3 Å². The van der Waals surface area contributed by atoms with E-state index in [0.29, 0.717) is 11.4 Å². The van der Waals surface area contributed by atoms with Crippen LogP contribution in [0.2, 0.25) is 0 Å². The summed E-state index contributed by atoms with van der Waals surface area (Å²) >= 11 is 1.43. The molecule has 4 N–H and O–H groups in total. The van der Waals surface area contributed by atoms with Crippen molar-refractivity contribution in [3.05, 3.63) is 81.8 Å². The van der Waals surface area contributed by atoms with E-state index >= 15 is 0 Å². The highest BCUT2D eigenvalue weighted by Crippen LogP contribution is 2.24. The van der Waals surface area contributed by atoms with Crippen LogP contribution in [0.25, 0.3) is 0 Å². The van der Waals surface area contributed by atoms with Crippen molar-refractivity contribution in [3.8, 4) is 0 Å². The molecule has 0 bridgehead atoms. The molecule has 2 atom stereocenters. The second kappa shape index (κ2) is 12.5. The molecule has 0 fully saturated rings. The number of methoxy groups -OCH3 is 1.